The molecule has 3 heteroatoms. The number of Topliss-reactive ketones (excluding diaryl/α,β-unsaturated/α-hetero) is 1. The van der Waals surface area contributed by atoms with E-state index >= 15 is 0 Å². The van der Waals surface area contributed by atoms with Gasteiger partial charge in [0.25, 0.3) is 0 Å². The zero-order valence-corrected chi connectivity index (χ0v) is 7.16. The van der Waals surface area contributed by atoms with Crippen LogP contribution in [0.2, 0.25) is 0 Å². The molecule has 0 radical (unpaired) electrons. The second-order valence-electron chi connectivity index (χ2n) is 3.14. The van der Waals surface area contributed by atoms with E-state index in [9.17, 15) is 9.18 Å². The van der Waals surface area contributed by atoms with E-state index in [0.29, 0.717) is 0 Å². The van der Waals surface area contributed by atoms with E-state index in [1.807, 2.05) is 0 Å². The van der Waals surface area contributed by atoms with Crippen molar-refractivity contribution in [2.24, 2.45) is 0 Å². The number of ether oxygens (including phenoxy) is 1. The Hall–Kier alpha value is -1.22. The van der Waals surface area contributed by atoms with E-state index in [4.69, 9.17) is 4.74 Å². The van der Waals surface area contributed by atoms with Crippen molar-refractivity contribution in [1.29, 1.82) is 0 Å². The topological polar surface area (TPSA) is 29.6 Å². The lowest BCUT2D eigenvalue weighted by Crippen LogP contribution is -2.00. The SMILES string of the molecule is CC(=O)[C@@H]1O[C@@H]1c1ccc(F)cc1. The lowest BCUT2D eigenvalue weighted by atomic mass is 10.1. The maximum Gasteiger partial charge on any atom is 0.161 e. The smallest absolute Gasteiger partial charge is 0.161 e. The van der Waals surface area contributed by atoms with Gasteiger partial charge in [-0.3, -0.25) is 4.79 Å². The first-order valence-electron chi connectivity index (χ1n) is 4.10. The summed E-state index contributed by atoms with van der Waals surface area (Å²) in [4.78, 5) is 10.9. The van der Waals surface area contributed by atoms with Gasteiger partial charge in [0.05, 0.1) is 0 Å². The van der Waals surface area contributed by atoms with Crippen molar-refractivity contribution in [2.75, 3.05) is 0 Å². The molecule has 1 aliphatic heterocycles. The van der Waals surface area contributed by atoms with Crippen LogP contribution in [0.3, 0.4) is 0 Å². The third kappa shape index (κ3) is 1.60. The number of hydrogen-bond acceptors (Lipinski definition) is 2. The summed E-state index contributed by atoms with van der Waals surface area (Å²) in [6, 6.07) is 6.02. The summed E-state index contributed by atoms with van der Waals surface area (Å²) in [7, 11) is 0. The quantitative estimate of drug-likeness (QED) is 0.650. The normalized spacial score (nSPS) is 25.7. The molecule has 13 heavy (non-hydrogen) atoms. The lowest BCUT2D eigenvalue weighted by Gasteiger charge is -1.93. The number of epoxide rings is 1. The van der Waals surface area contributed by atoms with Crippen molar-refractivity contribution in [1.82, 2.24) is 0 Å². The Morgan fingerprint density at radius 1 is 1.38 bits per heavy atom. The van der Waals surface area contributed by atoms with Gasteiger partial charge in [0.15, 0.2) is 5.78 Å². The molecule has 1 aliphatic rings. The first-order chi connectivity index (χ1) is 6.18. The average molecular weight is 180 g/mol. The Morgan fingerprint density at radius 3 is 2.46 bits per heavy atom. The van der Waals surface area contributed by atoms with Gasteiger partial charge in [0, 0.05) is 0 Å². The molecule has 0 amide bonds. The van der Waals surface area contributed by atoms with Gasteiger partial charge in [0.1, 0.15) is 18.0 Å². The molecule has 0 N–H and O–H groups in total. The minimum atomic E-state index is -0.314. The molecule has 68 valence electrons. The number of rotatable bonds is 2. The first-order valence-corrected chi connectivity index (χ1v) is 4.10. The Bertz CT molecular complexity index is 331. The Kier molecular flexibility index (Phi) is 1.88. The summed E-state index contributed by atoms with van der Waals surface area (Å²) >= 11 is 0. The predicted octanol–water partition coefficient (Wildman–Crippen LogP) is 1.85. The van der Waals surface area contributed by atoms with Crippen molar-refractivity contribution in [2.45, 2.75) is 19.1 Å². The summed E-state index contributed by atoms with van der Waals surface area (Å²) in [6.07, 6.45) is -0.469. The molecule has 2 atom stereocenters. The van der Waals surface area contributed by atoms with E-state index < -0.39 is 0 Å². The largest absolute Gasteiger partial charge is 0.356 e. The molecule has 0 unspecified atom stereocenters. The fraction of sp³-hybridized carbons (Fsp3) is 0.300. The number of halogens is 1. The van der Waals surface area contributed by atoms with Gasteiger partial charge < -0.3 is 4.74 Å². The van der Waals surface area contributed by atoms with Crippen LogP contribution in [0.4, 0.5) is 4.39 Å². The molecule has 2 nitrogen and oxygen atoms in total. The second kappa shape index (κ2) is 2.92. The highest BCUT2D eigenvalue weighted by atomic mass is 19.1. The zero-order valence-electron chi connectivity index (χ0n) is 7.16. The third-order valence-corrected chi connectivity index (χ3v) is 2.09. The molecule has 0 aromatic heterocycles. The van der Waals surface area contributed by atoms with Crippen LogP contribution in [0.5, 0.6) is 0 Å². The fourth-order valence-electron chi connectivity index (χ4n) is 1.33. The minimum absolute atomic E-state index is 0.0225. The lowest BCUT2D eigenvalue weighted by molar-refractivity contribution is -0.118. The van der Waals surface area contributed by atoms with Crippen LogP contribution < -0.4 is 0 Å². The molecule has 0 aliphatic carbocycles. The monoisotopic (exact) mass is 180 g/mol. The average Bonchev–Trinajstić information content (AvgIpc) is 2.85. The Morgan fingerprint density at radius 2 is 2.00 bits per heavy atom. The van der Waals surface area contributed by atoms with Crippen LogP contribution in [0.15, 0.2) is 24.3 Å². The molecule has 0 saturated carbocycles. The first kappa shape index (κ1) is 8.38. The number of carbonyl (C=O) groups excluding carboxylic acids is 1. The second-order valence-corrected chi connectivity index (χ2v) is 3.14. The van der Waals surface area contributed by atoms with Crippen LogP contribution in [-0.4, -0.2) is 11.9 Å². The van der Waals surface area contributed by atoms with Crippen molar-refractivity contribution >= 4 is 5.78 Å². The van der Waals surface area contributed by atoms with Crippen molar-refractivity contribution in [3.63, 3.8) is 0 Å². The predicted molar refractivity (Wildman–Crippen MR) is 44.7 cm³/mol. The molecule has 1 aromatic carbocycles. The highest BCUT2D eigenvalue weighted by molar-refractivity contribution is 5.83. The van der Waals surface area contributed by atoms with E-state index in [1.54, 1.807) is 12.1 Å². The van der Waals surface area contributed by atoms with Crippen LogP contribution in [0, 0.1) is 5.82 Å². The Balaban J connectivity index is 2.12. The van der Waals surface area contributed by atoms with Crippen LogP contribution in [0.25, 0.3) is 0 Å². The fourth-order valence-corrected chi connectivity index (χ4v) is 1.33. The summed E-state index contributed by atoms with van der Waals surface area (Å²) in [5, 5.41) is 0. The van der Waals surface area contributed by atoms with Crippen LogP contribution >= 0.6 is 0 Å². The van der Waals surface area contributed by atoms with E-state index in [0.717, 1.165) is 5.56 Å². The third-order valence-electron chi connectivity index (χ3n) is 2.09. The van der Waals surface area contributed by atoms with Gasteiger partial charge in [-0.15, -0.1) is 0 Å². The number of benzene rings is 1. The highest BCUT2D eigenvalue weighted by Crippen LogP contribution is 2.38. The van der Waals surface area contributed by atoms with E-state index in [-0.39, 0.29) is 23.8 Å². The number of hydrogen-bond donors (Lipinski definition) is 0. The standard InChI is InChI=1S/C10H9FO2/c1-6(12)9-10(13-9)7-2-4-8(11)5-3-7/h2-5,9-10H,1H3/t9-,10+/m0/s1. The summed E-state index contributed by atoms with van der Waals surface area (Å²) < 4.78 is 17.7. The molecule has 0 bridgehead atoms. The summed E-state index contributed by atoms with van der Waals surface area (Å²) in [5.41, 5.74) is 0.863. The summed E-state index contributed by atoms with van der Waals surface area (Å²) in [6.45, 7) is 1.49. The molecule has 1 saturated heterocycles. The molecular weight excluding hydrogens is 171 g/mol. The molecule has 0 spiro atoms. The highest BCUT2D eigenvalue weighted by Gasteiger charge is 2.43. The maximum absolute atomic E-state index is 12.5. The minimum Gasteiger partial charge on any atom is -0.356 e. The van der Waals surface area contributed by atoms with Crippen LogP contribution in [0.1, 0.15) is 18.6 Å². The number of ketones is 1. The maximum atomic E-state index is 12.5. The van der Waals surface area contributed by atoms with Gasteiger partial charge in [-0.05, 0) is 24.6 Å². The molecule has 1 heterocycles. The zero-order chi connectivity index (χ0) is 9.42. The molecular formula is C10H9FO2. The van der Waals surface area contributed by atoms with Gasteiger partial charge in [-0.1, -0.05) is 12.1 Å². The van der Waals surface area contributed by atoms with Crippen molar-refractivity contribution in [3.8, 4) is 0 Å². The summed E-state index contributed by atoms with van der Waals surface area (Å²) in [5.74, 6) is -0.252. The van der Waals surface area contributed by atoms with E-state index in [2.05, 4.69) is 0 Å². The van der Waals surface area contributed by atoms with Gasteiger partial charge >= 0.3 is 0 Å². The van der Waals surface area contributed by atoms with Crippen molar-refractivity contribution in [3.05, 3.63) is 35.6 Å². The van der Waals surface area contributed by atoms with Gasteiger partial charge in [-0.25, -0.2) is 4.39 Å². The molecule has 2 rings (SSSR count). The molecule has 1 aromatic rings. The van der Waals surface area contributed by atoms with Gasteiger partial charge in [-0.2, -0.15) is 0 Å². The van der Waals surface area contributed by atoms with Crippen LogP contribution in [-0.2, 0) is 9.53 Å². The molecule has 1 fully saturated rings. The van der Waals surface area contributed by atoms with Crippen molar-refractivity contribution < 1.29 is 13.9 Å². The number of carbonyl (C=O) groups is 1. The van der Waals surface area contributed by atoms with E-state index in [1.165, 1.54) is 19.1 Å². The Labute approximate surface area is 75.3 Å². The van der Waals surface area contributed by atoms with Gasteiger partial charge in [0.2, 0.25) is 0 Å².